The Kier molecular flexibility index (Phi) is 10.2. The number of carbonyl (C=O) groups excluding carboxylic acids is 2. The van der Waals surface area contributed by atoms with Crippen LogP contribution < -0.4 is 9.62 Å². The normalized spacial score (nSPS) is 12.0. The van der Waals surface area contributed by atoms with Crippen LogP contribution >= 0.6 is 23.2 Å². The highest BCUT2D eigenvalue weighted by Gasteiger charge is 2.33. The number of hydrogen-bond acceptors (Lipinski definition) is 4. The van der Waals surface area contributed by atoms with Crippen molar-refractivity contribution in [2.24, 2.45) is 0 Å². The van der Waals surface area contributed by atoms with E-state index in [1.165, 1.54) is 23.1 Å². The maximum absolute atomic E-state index is 13.9. The lowest BCUT2D eigenvalue weighted by Crippen LogP contribution is -2.53. The van der Waals surface area contributed by atoms with Gasteiger partial charge >= 0.3 is 0 Å². The Labute approximate surface area is 234 Å². The number of hydrogen-bond donors (Lipinski definition) is 1. The first-order valence-corrected chi connectivity index (χ1v) is 14.7. The van der Waals surface area contributed by atoms with Crippen LogP contribution in [-0.4, -0.2) is 50.5 Å². The molecule has 0 spiro atoms. The molecular formula is C28H31Cl2N3O4S. The maximum Gasteiger partial charge on any atom is 0.244 e. The molecule has 0 aliphatic rings. The van der Waals surface area contributed by atoms with Gasteiger partial charge in [0.15, 0.2) is 0 Å². The molecule has 0 aromatic heterocycles. The number of benzene rings is 3. The molecule has 0 aliphatic carbocycles. The summed E-state index contributed by atoms with van der Waals surface area (Å²) in [5, 5.41) is 3.25. The Hall–Kier alpha value is -3.07. The van der Waals surface area contributed by atoms with Crippen molar-refractivity contribution in [2.45, 2.75) is 32.9 Å². The third-order valence-electron chi connectivity index (χ3n) is 5.95. The quantitative estimate of drug-likeness (QED) is 0.354. The Balaban J connectivity index is 2.05. The summed E-state index contributed by atoms with van der Waals surface area (Å²) in [6.07, 6.45) is 1.26. The molecular weight excluding hydrogens is 545 g/mol. The van der Waals surface area contributed by atoms with Gasteiger partial charge in [-0.15, -0.1) is 0 Å². The van der Waals surface area contributed by atoms with Crippen molar-refractivity contribution in [1.82, 2.24) is 10.2 Å². The van der Waals surface area contributed by atoms with Crippen LogP contribution in [-0.2, 0) is 32.6 Å². The molecule has 0 saturated carbocycles. The van der Waals surface area contributed by atoms with E-state index in [1.807, 2.05) is 61.5 Å². The largest absolute Gasteiger partial charge is 0.355 e. The molecule has 0 unspecified atom stereocenters. The van der Waals surface area contributed by atoms with Gasteiger partial charge in [-0.2, -0.15) is 0 Å². The highest BCUT2D eigenvalue weighted by atomic mass is 35.5. The van der Waals surface area contributed by atoms with Gasteiger partial charge in [0, 0.05) is 24.5 Å². The first kappa shape index (κ1) is 29.5. The number of halogens is 2. The van der Waals surface area contributed by atoms with Crippen molar-refractivity contribution in [3.63, 3.8) is 0 Å². The zero-order chi connectivity index (χ0) is 27.9. The molecule has 0 saturated heterocycles. The maximum atomic E-state index is 13.9. The molecule has 7 nitrogen and oxygen atoms in total. The van der Waals surface area contributed by atoms with Gasteiger partial charge < -0.3 is 10.2 Å². The van der Waals surface area contributed by atoms with Crippen molar-refractivity contribution in [2.75, 3.05) is 23.7 Å². The molecule has 1 N–H and O–H groups in total. The number of amides is 2. The van der Waals surface area contributed by atoms with E-state index < -0.39 is 28.5 Å². The average molecular weight is 577 g/mol. The van der Waals surface area contributed by atoms with Crippen LogP contribution in [0.3, 0.4) is 0 Å². The molecule has 0 aliphatic heterocycles. The third kappa shape index (κ3) is 7.96. The fourth-order valence-corrected chi connectivity index (χ4v) is 5.44. The van der Waals surface area contributed by atoms with Crippen LogP contribution in [0.1, 0.15) is 23.6 Å². The highest BCUT2D eigenvalue weighted by molar-refractivity contribution is 7.92. The van der Waals surface area contributed by atoms with Gasteiger partial charge in [-0.25, -0.2) is 8.42 Å². The lowest BCUT2D eigenvalue weighted by Gasteiger charge is -2.33. The summed E-state index contributed by atoms with van der Waals surface area (Å²) in [5.41, 5.74) is 2.85. The van der Waals surface area contributed by atoms with Gasteiger partial charge in [-0.05, 0) is 43.2 Å². The minimum atomic E-state index is -3.92. The smallest absolute Gasteiger partial charge is 0.244 e. The Morgan fingerprint density at radius 1 is 0.947 bits per heavy atom. The van der Waals surface area contributed by atoms with Gasteiger partial charge in [0.25, 0.3) is 0 Å². The number of likely N-dealkylation sites (N-methyl/N-ethyl adjacent to an activating group) is 1. The van der Waals surface area contributed by atoms with E-state index in [1.54, 1.807) is 6.92 Å². The minimum absolute atomic E-state index is 0.0883. The minimum Gasteiger partial charge on any atom is -0.355 e. The standard InChI is InChI=1S/C28H31Cl2N3O4S/c1-4-31-28(35)26(16-21-8-6-5-7-9-21)32(18-22-12-10-20(2)11-13-22)27(34)19-33(38(3,36)37)25-15-14-23(29)17-24(25)30/h5-15,17,26H,4,16,18-19H2,1-3H3,(H,31,35)/t26-/m0/s1. The van der Waals surface area contributed by atoms with E-state index in [9.17, 15) is 18.0 Å². The Morgan fingerprint density at radius 2 is 1.61 bits per heavy atom. The Morgan fingerprint density at radius 3 is 2.18 bits per heavy atom. The van der Waals surface area contributed by atoms with Crippen molar-refractivity contribution in [3.8, 4) is 0 Å². The number of nitrogens with one attached hydrogen (secondary N) is 1. The number of aryl methyl sites for hydroxylation is 1. The van der Waals surface area contributed by atoms with Crippen LogP contribution in [0.5, 0.6) is 0 Å². The molecule has 10 heteroatoms. The fourth-order valence-electron chi connectivity index (χ4n) is 4.01. The topological polar surface area (TPSA) is 86.8 Å². The first-order chi connectivity index (χ1) is 18.0. The van der Waals surface area contributed by atoms with Crippen molar-refractivity contribution >= 4 is 50.7 Å². The van der Waals surface area contributed by atoms with Gasteiger partial charge in [-0.1, -0.05) is 83.4 Å². The van der Waals surface area contributed by atoms with Gasteiger partial charge in [0.2, 0.25) is 21.8 Å². The molecule has 0 bridgehead atoms. The Bertz CT molecular complexity index is 1370. The molecule has 3 rings (SSSR count). The van der Waals surface area contributed by atoms with Crippen LogP contribution in [0.25, 0.3) is 0 Å². The molecule has 2 amide bonds. The van der Waals surface area contributed by atoms with E-state index in [4.69, 9.17) is 23.2 Å². The summed E-state index contributed by atoms with van der Waals surface area (Å²) in [5.74, 6) is -0.874. The lowest BCUT2D eigenvalue weighted by atomic mass is 10.0. The summed E-state index contributed by atoms with van der Waals surface area (Å²) in [6, 6.07) is 20.5. The summed E-state index contributed by atoms with van der Waals surface area (Å²) in [4.78, 5) is 28.7. The summed E-state index contributed by atoms with van der Waals surface area (Å²) >= 11 is 12.3. The molecule has 3 aromatic rings. The number of nitrogens with zero attached hydrogens (tertiary/aromatic N) is 2. The van der Waals surface area contributed by atoms with Crippen molar-refractivity contribution < 1.29 is 18.0 Å². The molecule has 38 heavy (non-hydrogen) atoms. The zero-order valence-electron chi connectivity index (χ0n) is 21.5. The zero-order valence-corrected chi connectivity index (χ0v) is 23.9. The highest BCUT2D eigenvalue weighted by Crippen LogP contribution is 2.30. The number of anilines is 1. The predicted octanol–water partition coefficient (Wildman–Crippen LogP) is 4.84. The summed E-state index contributed by atoms with van der Waals surface area (Å²) in [6.45, 7) is 3.71. The van der Waals surface area contributed by atoms with Crippen molar-refractivity contribution in [1.29, 1.82) is 0 Å². The van der Waals surface area contributed by atoms with Gasteiger partial charge in [0.1, 0.15) is 12.6 Å². The molecule has 0 fully saturated rings. The lowest BCUT2D eigenvalue weighted by molar-refractivity contribution is -0.140. The SMILES string of the molecule is CCNC(=O)[C@H](Cc1ccccc1)N(Cc1ccc(C)cc1)C(=O)CN(c1ccc(Cl)cc1Cl)S(C)(=O)=O. The summed E-state index contributed by atoms with van der Waals surface area (Å²) in [7, 11) is -3.92. The second kappa shape index (κ2) is 13.1. The molecule has 3 aromatic carbocycles. The molecule has 1 atom stereocenters. The fraction of sp³-hybridized carbons (Fsp3) is 0.286. The number of carbonyl (C=O) groups is 2. The number of rotatable bonds is 11. The molecule has 0 heterocycles. The number of sulfonamides is 1. The van der Waals surface area contributed by atoms with E-state index >= 15 is 0 Å². The average Bonchev–Trinajstić information content (AvgIpc) is 2.86. The van der Waals surface area contributed by atoms with Crippen molar-refractivity contribution in [3.05, 3.63) is 99.5 Å². The van der Waals surface area contributed by atoms with E-state index in [-0.39, 0.29) is 29.6 Å². The van der Waals surface area contributed by atoms with Crippen LogP contribution in [0.15, 0.2) is 72.8 Å². The molecule has 202 valence electrons. The van der Waals surface area contributed by atoms with E-state index in [0.29, 0.717) is 11.6 Å². The van der Waals surface area contributed by atoms with Crippen LogP contribution in [0, 0.1) is 6.92 Å². The summed E-state index contributed by atoms with van der Waals surface area (Å²) < 4.78 is 26.5. The van der Waals surface area contributed by atoms with Crippen LogP contribution in [0.2, 0.25) is 10.0 Å². The predicted molar refractivity (Wildman–Crippen MR) is 153 cm³/mol. The molecule has 0 radical (unpaired) electrons. The van der Waals surface area contributed by atoms with Gasteiger partial charge in [-0.3, -0.25) is 13.9 Å². The van der Waals surface area contributed by atoms with Gasteiger partial charge in [0.05, 0.1) is 17.0 Å². The first-order valence-electron chi connectivity index (χ1n) is 12.1. The second-order valence-corrected chi connectivity index (χ2v) is 11.7. The third-order valence-corrected chi connectivity index (χ3v) is 7.62. The monoisotopic (exact) mass is 575 g/mol. The van der Waals surface area contributed by atoms with Crippen LogP contribution in [0.4, 0.5) is 5.69 Å². The second-order valence-electron chi connectivity index (χ2n) is 8.97. The van der Waals surface area contributed by atoms with E-state index in [0.717, 1.165) is 27.3 Å². The van der Waals surface area contributed by atoms with E-state index in [2.05, 4.69) is 5.32 Å².